The van der Waals surface area contributed by atoms with Crippen molar-refractivity contribution in [3.63, 3.8) is 0 Å². The number of nitrogens with zero attached hydrogens (tertiary/aromatic N) is 2. The van der Waals surface area contributed by atoms with Crippen molar-refractivity contribution in [3.8, 4) is 0 Å². The first-order valence-corrected chi connectivity index (χ1v) is 9.28. The Morgan fingerprint density at radius 3 is 2.32 bits per heavy atom. The zero-order valence-corrected chi connectivity index (χ0v) is 14.6. The molecule has 1 aromatic carbocycles. The molecular formula is C20H26N3O2+. The summed E-state index contributed by atoms with van der Waals surface area (Å²) >= 11 is 0. The number of carbonyl (C=O) groups excluding carboxylic acids is 1. The molecule has 1 aromatic heterocycles. The largest absolute Gasteiger partial charge is 0.459 e. The molecule has 0 radical (unpaired) electrons. The third-order valence-electron chi connectivity index (χ3n) is 5.62. The summed E-state index contributed by atoms with van der Waals surface area (Å²) in [6.45, 7) is 6.29. The van der Waals surface area contributed by atoms with Crippen molar-refractivity contribution in [2.24, 2.45) is 0 Å². The van der Waals surface area contributed by atoms with E-state index in [0.29, 0.717) is 11.8 Å². The van der Waals surface area contributed by atoms with Crippen LogP contribution in [0.2, 0.25) is 0 Å². The zero-order chi connectivity index (χ0) is 17.1. The molecule has 2 aliphatic heterocycles. The van der Waals surface area contributed by atoms with Crippen LogP contribution in [0, 0.1) is 0 Å². The minimum absolute atomic E-state index is 0.0346. The van der Waals surface area contributed by atoms with E-state index in [2.05, 4.69) is 35.2 Å². The molecule has 0 spiro atoms. The molecule has 0 saturated carbocycles. The number of rotatable bonds is 3. The number of benzene rings is 1. The number of nitrogens with one attached hydrogen (secondary N) is 1. The standard InChI is InChI=1S/C20H25N3O2/c24-20(19-7-4-16-25-19)23-10-8-18(9-11-23)22-14-12-21(13-15-22)17-5-2-1-3-6-17/h1-7,16,18H,8-15H2/p+1. The van der Waals surface area contributed by atoms with Crippen molar-refractivity contribution < 1.29 is 14.1 Å². The summed E-state index contributed by atoms with van der Waals surface area (Å²) in [5, 5.41) is 0. The van der Waals surface area contributed by atoms with E-state index in [1.807, 2.05) is 4.90 Å². The van der Waals surface area contributed by atoms with Gasteiger partial charge in [-0.05, 0) is 24.3 Å². The maximum absolute atomic E-state index is 12.4. The number of hydrogen-bond acceptors (Lipinski definition) is 3. The molecule has 1 amide bonds. The van der Waals surface area contributed by atoms with Gasteiger partial charge in [-0.25, -0.2) is 0 Å². The van der Waals surface area contributed by atoms with Crippen LogP contribution in [0.1, 0.15) is 23.4 Å². The maximum Gasteiger partial charge on any atom is 0.289 e. The number of hydrogen-bond donors (Lipinski definition) is 1. The van der Waals surface area contributed by atoms with Crippen LogP contribution in [0.15, 0.2) is 53.1 Å². The third kappa shape index (κ3) is 3.56. The average Bonchev–Trinajstić information content (AvgIpc) is 3.23. The Morgan fingerprint density at radius 1 is 0.960 bits per heavy atom. The van der Waals surface area contributed by atoms with Gasteiger partial charge in [0.2, 0.25) is 0 Å². The zero-order valence-electron chi connectivity index (χ0n) is 14.6. The Hall–Kier alpha value is -2.27. The fourth-order valence-corrected chi connectivity index (χ4v) is 4.15. The maximum atomic E-state index is 12.4. The van der Waals surface area contributed by atoms with E-state index < -0.39 is 0 Å². The Balaban J connectivity index is 1.27. The van der Waals surface area contributed by atoms with Crippen LogP contribution in [-0.4, -0.2) is 56.1 Å². The molecule has 1 N–H and O–H groups in total. The normalized spacial score (nSPS) is 20.0. The molecule has 5 heteroatoms. The highest BCUT2D eigenvalue weighted by Crippen LogP contribution is 2.15. The van der Waals surface area contributed by atoms with E-state index in [0.717, 1.165) is 39.0 Å². The van der Waals surface area contributed by atoms with Crippen LogP contribution in [0.5, 0.6) is 0 Å². The lowest BCUT2D eigenvalue weighted by molar-refractivity contribution is -0.927. The lowest BCUT2D eigenvalue weighted by atomic mass is 10.0. The first-order chi connectivity index (χ1) is 12.3. The van der Waals surface area contributed by atoms with Gasteiger partial charge in [0, 0.05) is 31.6 Å². The summed E-state index contributed by atoms with van der Waals surface area (Å²) in [4.78, 5) is 18.5. The van der Waals surface area contributed by atoms with Crippen LogP contribution in [-0.2, 0) is 0 Å². The fraction of sp³-hybridized carbons (Fsp3) is 0.450. The molecule has 0 atom stereocenters. The van der Waals surface area contributed by atoms with Crippen molar-refractivity contribution in [3.05, 3.63) is 54.5 Å². The first-order valence-electron chi connectivity index (χ1n) is 9.28. The monoisotopic (exact) mass is 340 g/mol. The van der Waals surface area contributed by atoms with Gasteiger partial charge in [-0.15, -0.1) is 0 Å². The lowest BCUT2D eigenvalue weighted by Crippen LogP contribution is -3.18. The smallest absolute Gasteiger partial charge is 0.289 e. The third-order valence-corrected chi connectivity index (χ3v) is 5.62. The second-order valence-corrected chi connectivity index (χ2v) is 7.02. The Morgan fingerprint density at radius 2 is 1.68 bits per heavy atom. The van der Waals surface area contributed by atoms with Gasteiger partial charge in [-0.1, -0.05) is 18.2 Å². The summed E-state index contributed by atoms with van der Waals surface area (Å²) < 4.78 is 5.24. The number of amides is 1. The van der Waals surface area contributed by atoms with Crippen molar-refractivity contribution in [1.29, 1.82) is 0 Å². The van der Waals surface area contributed by atoms with Crippen LogP contribution in [0.3, 0.4) is 0 Å². The number of quaternary nitrogens is 1. The number of likely N-dealkylation sites (tertiary alicyclic amines) is 1. The number of para-hydroxylation sites is 1. The molecule has 0 aliphatic carbocycles. The Labute approximate surface area is 148 Å². The Kier molecular flexibility index (Phi) is 4.74. The number of piperazine rings is 1. The minimum atomic E-state index is 0.0346. The van der Waals surface area contributed by atoms with Gasteiger partial charge >= 0.3 is 0 Å². The van der Waals surface area contributed by atoms with E-state index in [4.69, 9.17) is 4.42 Å². The number of anilines is 1. The summed E-state index contributed by atoms with van der Waals surface area (Å²) in [5.41, 5.74) is 1.33. The summed E-state index contributed by atoms with van der Waals surface area (Å²) in [7, 11) is 0. The second-order valence-electron chi connectivity index (χ2n) is 7.02. The molecule has 3 heterocycles. The molecule has 5 nitrogen and oxygen atoms in total. The predicted octanol–water partition coefficient (Wildman–Crippen LogP) is 1.29. The van der Waals surface area contributed by atoms with Crippen molar-refractivity contribution >= 4 is 11.6 Å². The van der Waals surface area contributed by atoms with E-state index in [-0.39, 0.29) is 5.91 Å². The topological polar surface area (TPSA) is 41.1 Å². The van der Waals surface area contributed by atoms with Gasteiger partial charge in [-0.2, -0.15) is 0 Å². The molecule has 0 bridgehead atoms. The van der Waals surface area contributed by atoms with Gasteiger partial charge < -0.3 is 19.1 Å². The predicted molar refractivity (Wildman–Crippen MR) is 97.0 cm³/mol. The molecule has 25 heavy (non-hydrogen) atoms. The van der Waals surface area contributed by atoms with Crippen molar-refractivity contribution in [1.82, 2.24) is 4.90 Å². The molecule has 2 aromatic rings. The number of furan rings is 1. The fourth-order valence-electron chi connectivity index (χ4n) is 4.15. The summed E-state index contributed by atoms with van der Waals surface area (Å²) in [6.07, 6.45) is 3.75. The second kappa shape index (κ2) is 7.31. The van der Waals surface area contributed by atoms with E-state index >= 15 is 0 Å². The van der Waals surface area contributed by atoms with E-state index in [1.165, 1.54) is 18.8 Å². The molecule has 132 valence electrons. The summed E-state index contributed by atoms with van der Waals surface area (Å²) in [5.74, 6) is 0.495. The van der Waals surface area contributed by atoms with Crippen molar-refractivity contribution in [2.75, 3.05) is 44.2 Å². The molecule has 2 saturated heterocycles. The molecular weight excluding hydrogens is 314 g/mol. The van der Waals surface area contributed by atoms with Gasteiger partial charge in [0.25, 0.3) is 5.91 Å². The molecule has 2 aliphatic rings. The van der Waals surface area contributed by atoms with Crippen LogP contribution in [0.4, 0.5) is 5.69 Å². The number of piperidine rings is 1. The summed E-state index contributed by atoms with van der Waals surface area (Å²) in [6, 6.07) is 14.9. The highest BCUT2D eigenvalue weighted by molar-refractivity contribution is 5.91. The average molecular weight is 340 g/mol. The molecule has 4 rings (SSSR count). The number of carbonyl (C=O) groups is 1. The van der Waals surface area contributed by atoms with Gasteiger partial charge in [0.05, 0.1) is 38.5 Å². The van der Waals surface area contributed by atoms with E-state index in [9.17, 15) is 4.79 Å². The van der Waals surface area contributed by atoms with Crippen LogP contribution >= 0.6 is 0 Å². The van der Waals surface area contributed by atoms with E-state index in [1.54, 1.807) is 23.3 Å². The quantitative estimate of drug-likeness (QED) is 0.915. The SMILES string of the molecule is O=C(c1ccco1)N1CCC([NH+]2CCN(c3ccccc3)CC2)CC1. The first kappa shape index (κ1) is 16.2. The minimum Gasteiger partial charge on any atom is -0.459 e. The van der Waals surface area contributed by atoms with Gasteiger partial charge in [-0.3, -0.25) is 4.79 Å². The highest BCUT2D eigenvalue weighted by atomic mass is 16.3. The Bertz CT molecular complexity index is 670. The van der Waals surface area contributed by atoms with Crippen LogP contribution in [0.25, 0.3) is 0 Å². The lowest BCUT2D eigenvalue weighted by Gasteiger charge is -2.40. The van der Waals surface area contributed by atoms with Gasteiger partial charge in [0.1, 0.15) is 0 Å². The van der Waals surface area contributed by atoms with Gasteiger partial charge in [0.15, 0.2) is 5.76 Å². The van der Waals surface area contributed by atoms with Crippen molar-refractivity contribution in [2.45, 2.75) is 18.9 Å². The van der Waals surface area contributed by atoms with Crippen LogP contribution < -0.4 is 9.80 Å². The molecule has 2 fully saturated rings. The molecule has 0 unspecified atom stereocenters. The highest BCUT2D eigenvalue weighted by Gasteiger charge is 2.32.